The fourth-order valence-electron chi connectivity index (χ4n) is 5.60. The van der Waals surface area contributed by atoms with Crippen LogP contribution in [-0.4, -0.2) is 0 Å². The molecule has 29 heavy (non-hydrogen) atoms. The summed E-state index contributed by atoms with van der Waals surface area (Å²) >= 11 is 0. The van der Waals surface area contributed by atoms with Crippen molar-refractivity contribution in [3.05, 3.63) is 88.6 Å². The van der Waals surface area contributed by atoms with E-state index in [1.165, 1.54) is 69.1 Å². The van der Waals surface area contributed by atoms with Gasteiger partial charge in [-0.15, -0.1) is 0 Å². The zero-order chi connectivity index (χ0) is 19.5. The third-order valence-electron chi connectivity index (χ3n) is 7.06. The largest absolute Gasteiger partial charge is 0.213 e. The van der Waals surface area contributed by atoms with Gasteiger partial charge in [-0.2, -0.15) is 0 Å². The van der Waals surface area contributed by atoms with Crippen LogP contribution >= 0.6 is 0 Å². The Kier molecular flexibility index (Phi) is 3.68. The molecule has 0 saturated carbocycles. The minimum Gasteiger partial charge on any atom is -0.200 e. The molecule has 0 amide bonds. The van der Waals surface area contributed by atoms with E-state index in [0.717, 1.165) is 12.8 Å². The molecule has 0 fully saturated rings. The molecule has 0 atom stereocenters. The van der Waals surface area contributed by atoms with Gasteiger partial charge < -0.3 is 0 Å². The molecule has 2 aliphatic carbocycles. The highest BCUT2D eigenvalue weighted by Crippen LogP contribution is 2.44. The number of aromatic nitrogens is 1. The fourth-order valence-corrected chi connectivity index (χ4v) is 5.60. The van der Waals surface area contributed by atoms with Gasteiger partial charge in [0.25, 0.3) is 0 Å². The summed E-state index contributed by atoms with van der Waals surface area (Å²) in [6, 6.07) is 20.9. The maximum Gasteiger partial charge on any atom is 0.213 e. The van der Waals surface area contributed by atoms with E-state index < -0.39 is 0 Å². The lowest BCUT2D eigenvalue weighted by atomic mass is 9.92. The van der Waals surface area contributed by atoms with Crippen LogP contribution < -0.4 is 4.57 Å². The second-order valence-corrected chi connectivity index (χ2v) is 8.80. The van der Waals surface area contributed by atoms with E-state index >= 15 is 0 Å². The summed E-state index contributed by atoms with van der Waals surface area (Å²) < 4.78 is 2.33. The lowest BCUT2D eigenvalue weighted by Crippen LogP contribution is -2.31. The van der Waals surface area contributed by atoms with E-state index in [0.29, 0.717) is 0 Å². The summed E-state index contributed by atoms with van der Waals surface area (Å²) in [5, 5.41) is 2.77. The lowest BCUT2D eigenvalue weighted by Gasteiger charge is -2.13. The van der Waals surface area contributed by atoms with Crippen molar-refractivity contribution in [2.45, 2.75) is 39.0 Å². The van der Waals surface area contributed by atoms with Gasteiger partial charge in [0.2, 0.25) is 5.69 Å². The molecular formula is C28H26N+. The van der Waals surface area contributed by atoms with E-state index in [-0.39, 0.29) is 0 Å². The second-order valence-electron chi connectivity index (χ2n) is 8.80. The molecule has 0 saturated heterocycles. The van der Waals surface area contributed by atoms with E-state index in [1.54, 1.807) is 11.1 Å². The molecule has 0 spiro atoms. The Morgan fingerprint density at radius 2 is 1.55 bits per heavy atom. The van der Waals surface area contributed by atoms with Crippen LogP contribution in [0.25, 0.3) is 33.2 Å². The first kappa shape index (κ1) is 17.0. The highest BCUT2D eigenvalue weighted by molar-refractivity contribution is 5.90. The Morgan fingerprint density at radius 1 is 0.793 bits per heavy atom. The Morgan fingerprint density at radius 3 is 2.45 bits per heavy atom. The van der Waals surface area contributed by atoms with Crippen LogP contribution in [0.3, 0.4) is 0 Å². The number of hydrogen-bond acceptors (Lipinski definition) is 0. The van der Waals surface area contributed by atoms with Crippen LogP contribution in [0, 0.1) is 6.92 Å². The summed E-state index contributed by atoms with van der Waals surface area (Å²) in [4.78, 5) is 0. The zero-order valence-electron chi connectivity index (χ0n) is 17.3. The van der Waals surface area contributed by atoms with Crippen molar-refractivity contribution in [1.82, 2.24) is 0 Å². The van der Waals surface area contributed by atoms with Crippen LogP contribution in [0.5, 0.6) is 0 Å². The molecule has 0 aliphatic heterocycles. The van der Waals surface area contributed by atoms with Crippen molar-refractivity contribution >= 4 is 10.8 Å². The maximum atomic E-state index is 2.45. The summed E-state index contributed by atoms with van der Waals surface area (Å²) in [7, 11) is 2.20. The molecule has 3 aromatic carbocycles. The van der Waals surface area contributed by atoms with Crippen LogP contribution in [0.1, 0.15) is 40.7 Å². The molecule has 142 valence electrons. The monoisotopic (exact) mass is 376 g/mol. The van der Waals surface area contributed by atoms with Gasteiger partial charge in [0.05, 0.1) is 5.56 Å². The highest BCUT2D eigenvalue weighted by Gasteiger charge is 2.28. The topological polar surface area (TPSA) is 3.88 Å². The molecule has 0 N–H and O–H groups in total. The normalized spacial score (nSPS) is 14.6. The second kappa shape index (κ2) is 6.29. The Labute approximate surface area is 172 Å². The van der Waals surface area contributed by atoms with Gasteiger partial charge in [-0.1, -0.05) is 42.5 Å². The quantitative estimate of drug-likeness (QED) is 0.288. The summed E-state index contributed by atoms with van der Waals surface area (Å²) in [5.41, 5.74) is 13.2. The molecule has 1 nitrogen and oxygen atoms in total. The van der Waals surface area contributed by atoms with Crippen LogP contribution in [0.4, 0.5) is 0 Å². The first-order valence-electron chi connectivity index (χ1n) is 10.9. The minimum atomic E-state index is 1.07. The van der Waals surface area contributed by atoms with Gasteiger partial charge in [-0.3, -0.25) is 0 Å². The van der Waals surface area contributed by atoms with E-state index in [4.69, 9.17) is 0 Å². The lowest BCUT2D eigenvalue weighted by molar-refractivity contribution is -0.659. The van der Waals surface area contributed by atoms with Crippen LogP contribution in [0.2, 0.25) is 0 Å². The number of hydrogen-bond donors (Lipinski definition) is 0. The average Bonchev–Trinajstić information content (AvgIpc) is 3.10. The summed E-state index contributed by atoms with van der Waals surface area (Å²) in [5.74, 6) is 0. The standard InChI is InChI=1S/C28H26N/c1-18-13-14-23-22-12-6-10-20-8-4-3-7-19-9-5-11-21-17-29(2)27(16-24(19)21)28(18)26(23)15-25(20)22/h5-6,9-14,16-17H,3-4,7-8,15H2,1-2H3/q+1. The molecule has 1 aromatic heterocycles. The predicted molar refractivity (Wildman–Crippen MR) is 120 cm³/mol. The van der Waals surface area contributed by atoms with Crippen molar-refractivity contribution in [2.75, 3.05) is 0 Å². The fraction of sp³-hybridized carbons (Fsp3) is 0.250. The third kappa shape index (κ3) is 2.50. The van der Waals surface area contributed by atoms with Gasteiger partial charge in [0, 0.05) is 11.5 Å². The van der Waals surface area contributed by atoms with E-state index in [1.807, 2.05) is 0 Å². The first-order chi connectivity index (χ1) is 14.2. The van der Waals surface area contributed by atoms with Gasteiger partial charge in [0.15, 0.2) is 6.20 Å². The van der Waals surface area contributed by atoms with Crippen molar-refractivity contribution in [1.29, 1.82) is 0 Å². The Bertz CT molecular complexity index is 1300. The minimum absolute atomic E-state index is 1.07. The van der Waals surface area contributed by atoms with Crippen molar-refractivity contribution in [3.63, 3.8) is 0 Å². The first-order valence-corrected chi connectivity index (χ1v) is 10.9. The molecule has 4 aromatic rings. The van der Waals surface area contributed by atoms with E-state index in [9.17, 15) is 0 Å². The molecule has 6 rings (SSSR count). The van der Waals surface area contributed by atoms with Gasteiger partial charge in [-0.05, 0) is 89.4 Å². The summed E-state index contributed by atoms with van der Waals surface area (Å²) in [6.07, 6.45) is 8.23. The zero-order valence-corrected chi connectivity index (χ0v) is 17.3. The molecule has 0 unspecified atom stereocenters. The van der Waals surface area contributed by atoms with Crippen LogP contribution in [0.15, 0.2) is 60.8 Å². The molecular weight excluding hydrogens is 350 g/mol. The third-order valence-corrected chi connectivity index (χ3v) is 7.06. The van der Waals surface area contributed by atoms with Gasteiger partial charge in [-0.25, -0.2) is 4.57 Å². The summed E-state index contributed by atoms with van der Waals surface area (Å²) in [6.45, 7) is 2.27. The van der Waals surface area contributed by atoms with Crippen molar-refractivity contribution in [2.24, 2.45) is 7.05 Å². The number of aryl methyl sites for hydroxylation is 4. The number of benzene rings is 3. The predicted octanol–water partition coefficient (Wildman–Crippen LogP) is 6.09. The van der Waals surface area contributed by atoms with E-state index in [2.05, 4.69) is 79.3 Å². The number of rotatable bonds is 0. The highest BCUT2D eigenvalue weighted by atomic mass is 14.9. The average molecular weight is 377 g/mol. The van der Waals surface area contributed by atoms with Gasteiger partial charge in [0.1, 0.15) is 7.05 Å². The molecule has 2 aliphatic rings. The maximum absolute atomic E-state index is 2.45. The molecule has 4 bridgehead atoms. The smallest absolute Gasteiger partial charge is 0.200 e. The molecule has 1 heterocycles. The van der Waals surface area contributed by atoms with Crippen molar-refractivity contribution in [3.8, 4) is 22.4 Å². The molecule has 1 heteroatoms. The Hall–Kier alpha value is -2.93. The SMILES string of the molecule is Cc1ccc2c3c1-c1cc4c(cccc4c[n+]1C)CCCCc1cccc-2c1C3. The van der Waals surface area contributed by atoms with Gasteiger partial charge >= 0.3 is 0 Å². The van der Waals surface area contributed by atoms with Crippen molar-refractivity contribution < 1.29 is 4.57 Å². The van der Waals surface area contributed by atoms with Crippen LogP contribution in [-0.2, 0) is 26.3 Å². The Balaban J connectivity index is 1.71. The number of pyridine rings is 1. The molecule has 0 radical (unpaired) electrons. The number of fused-ring (bicyclic) bond motifs is 3. The number of nitrogens with zero attached hydrogens (tertiary/aromatic N) is 1.